The molecule has 0 atom stereocenters. The highest BCUT2D eigenvalue weighted by atomic mass is 35.5. The fourth-order valence-electron chi connectivity index (χ4n) is 2.88. The molecule has 0 amide bonds. The zero-order chi connectivity index (χ0) is 17.8. The van der Waals surface area contributed by atoms with Crippen LogP contribution in [0.1, 0.15) is 0 Å². The Morgan fingerprint density at radius 3 is 2.27 bits per heavy atom. The van der Waals surface area contributed by atoms with Crippen molar-refractivity contribution < 1.29 is 9.15 Å². The van der Waals surface area contributed by atoms with E-state index in [0.717, 1.165) is 35.0 Å². The van der Waals surface area contributed by atoms with Gasteiger partial charge in [0.1, 0.15) is 0 Å². The summed E-state index contributed by atoms with van der Waals surface area (Å²) in [6.07, 6.45) is 0. The third kappa shape index (κ3) is 3.74. The molecule has 4 radical (unpaired) electrons. The van der Waals surface area contributed by atoms with Crippen LogP contribution in [0, 0.1) is 0 Å². The largest absolute Gasteiger partial charge is 0.425 e. The average molecular weight is 406 g/mol. The van der Waals surface area contributed by atoms with E-state index in [4.69, 9.17) is 16.6 Å². The SMILES string of the molecule is Clc1ccc2nc3ccccc3c(-c3ccccc3)c2c1.O1O[Si]=[Si][Si]1. The van der Waals surface area contributed by atoms with E-state index in [-0.39, 0.29) is 0 Å². The predicted molar refractivity (Wildman–Crippen MR) is 109 cm³/mol. The quantitative estimate of drug-likeness (QED) is 0.266. The zero-order valence-electron chi connectivity index (χ0n) is 13.6. The molecule has 2 heterocycles. The number of rotatable bonds is 1. The predicted octanol–water partition coefficient (Wildman–Crippen LogP) is 4.43. The van der Waals surface area contributed by atoms with Crippen LogP contribution in [-0.2, 0) is 9.15 Å². The van der Waals surface area contributed by atoms with E-state index < -0.39 is 0 Å². The van der Waals surface area contributed by atoms with E-state index in [1.165, 1.54) is 11.1 Å². The number of halogens is 1. The number of aromatic nitrogens is 1. The first-order valence-electron chi connectivity index (χ1n) is 7.94. The number of para-hydroxylation sites is 1. The normalized spacial score (nSPS) is 12.7. The van der Waals surface area contributed by atoms with Gasteiger partial charge in [-0.05, 0) is 29.8 Å². The lowest BCUT2D eigenvalue weighted by Crippen LogP contribution is -1.88. The fourth-order valence-corrected chi connectivity index (χ4v) is 5.76. The molecule has 0 spiro atoms. The summed E-state index contributed by atoms with van der Waals surface area (Å²) in [4.78, 5) is 4.75. The molecule has 4 aromatic rings. The van der Waals surface area contributed by atoms with Crippen molar-refractivity contribution >= 4 is 59.7 Å². The second kappa shape index (κ2) is 8.15. The topological polar surface area (TPSA) is 31.4 Å². The van der Waals surface area contributed by atoms with E-state index in [2.05, 4.69) is 45.6 Å². The first kappa shape index (κ1) is 17.4. The summed E-state index contributed by atoms with van der Waals surface area (Å²) in [6.45, 7) is 0. The molecule has 1 aliphatic rings. The Bertz CT molecular complexity index is 1080. The first-order chi connectivity index (χ1) is 12.8. The second-order valence-electron chi connectivity index (χ2n) is 5.53. The van der Waals surface area contributed by atoms with E-state index in [1.54, 1.807) is 0 Å². The minimum absolute atomic E-state index is 0.627. The van der Waals surface area contributed by atoms with Crippen LogP contribution < -0.4 is 0 Å². The molecule has 0 saturated carbocycles. The molecule has 0 aliphatic carbocycles. The molecular formula is C19H12ClNO2Si3. The van der Waals surface area contributed by atoms with Gasteiger partial charge in [-0.1, -0.05) is 60.1 Å². The van der Waals surface area contributed by atoms with Crippen molar-refractivity contribution in [1.82, 2.24) is 4.98 Å². The second-order valence-corrected chi connectivity index (χ2v) is 11.2. The third-order valence-electron chi connectivity index (χ3n) is 3.93. The Labute approximate surface area is 162 Å². The number of benzene rings is 3. The minimum Gasteiger partial charge on any atom is -0.425 e. The number of fused-ring (bicyclic) bond motifs is 2. The molecular weight excluding hydrogens is 394 g/mol. The first-order valence-corrected chi connectivity index (χ1v) is 13.1. The van der Waals surface area contributed by atoms with Crippen LogP contribution in [0.5, 0.6) is 0 Å². The molecule has 1 aliphatic heterocycles. The lowest BCUT2D eigenvalue weighted by Gasteiger charge is -2.11. The third-order valence-corrected chi connectivity index (χ3v) is 7.82. The van der Waals surface area contributed by atoms with Gasteiger partial charge in [-0.2, -0.15) is 0 Å². The van der Waals surface area contributed by atoms with Gasteiger partial charge in [0.15, 0.2) is 0 Å². The van der Waals surface area contributed by atoms with E-state index in [0.29, 0.717) is 18.1 Å². The molecule has 0 fully saturated rings. The lowest BCUT2D eigenvalue weighted by molar-refractivity contribution is -0.0861. The van der Waals surface area contributed by atoms with Crippen LogP contribution in [-0.4, -0.2) is 31.3 Å². The summed E-state index contributed by atoms with van der Waals surface area (Å²) >= 11 is 6.20. The maximum atomic E-state index is 6.20. The maximum Gasteiger partial charge on any atom is 0.301 e. The molecule has 0 saturated heterocycles. The molecule has 0 N–H and O–H groups in total. The number of pyridine rings is 1. The van der Waals surface area contributed by atoms with Crippen LogP contribution >= 0.6 is 11.6 Å². The van der Waals surface area contributed by atoms with Gasteiger partial charge in [0.05, 0.1) is 19.2 Å². The summed E-state index contributed by atoms with van der Waals surface area (Å²) in [7, 11) is 2.17. The highest BCUT2D eigenvalue weighted by Crippen LogP contribution is 2.35. The van der Waals surface area contributed by atoms with E-state index in [9.17, 15) is 0 Å². The Morgan fingerprint density at radius 2 is 1.54 bits per heavy atom. The zero-order valence-corrected chi connectivity index (χ0v) is 17.3. The van der Waals surface area contributed by atoms with Gasteiger partial charge in [-0.25, -0.2) is 4.98 Å². The molecule has 3 aromatic carbocycles. The van der Waals surface area contributed by atoms with Gasteiger partial charge in [0.2, 0.25) is 0 Å². The van der Waals surface area contributed by atoms with Crippen LogP contribution in [0.25, 0.3) is 32.9 Å². The minimum atomic E-state index is 0.627. The summed E-state index contributed by atoms with van der Waals surface area (Å²) in [5, 5.41) is 2.97. The monoisotopic (exact) mass is 405 g/mol. The van der Waals surface area contributed by atoms with Crippen LogP contribution in [0.4, 0.5) is 0 Å². The average Bonchev–Trinajstić information content (AvgIpc) is 3.27. The molecule has 26 heavy (non-hydrogen) atoms. The Balaban J connectivity index is 0.000000292. The fraction of sp³-hybridized carbons (Fsp3) is 0. The highest BCUT2D eigenvalue weighted by molar-refractivity contribution is 7.08. The van der Waals surface area contributed by atoms with Crippen molar-refractivity contribution in [2.45, 2.75) is 0 Å². The van der Waals surface area contributed by atoms with Crippen LogP contribution in [0.3, 0.4) is 0 Å². The van der Waals surface area contributed by atoms with Gasteiger partial charge in [-0.3, -0.25) is 4.58 Å². The molecule has 124 valence electrons. The van der Waals surface area contributed by atoms with Gasteiger partial charge in [0.25, 0.3) is 0 Å². The molecule has 1 aromatic heterocycles. The Hall–Kier alpha value is -1.97. The van der Waals surface area contributed by atoms with E-state index >= 15 is 0 Å². The molecule has 3 nitrogen and oxygen atoms in total. The van der Waals surface area contributed by atoms with Gasteiger partial charge >= 0.3 is 18.1 Å². The van der Waals surface area contributed by atoms with Gasteiger partial charge in [-0.15, -0.1) is 0 Å². The molecule has 5 rings (SSSR count). The summed E-state index contributed by atoms with van der Waals surface area (Å²) < 4.78 is 8.99. The molecule has 0 unspecified atom stereocenters. The highest BCUT2D eigenvalue weighted by Gasteiger charge is 2.10. The summed E-state index contributed by atoms with van der Waals surface area (Å²) in [6, 6.07) is 24.5. The van der Waals surface area contributed by atoms with Crippen molar-refractivity contribution in [3.63, 3.8) is 0 Å². The van der Waals surface area contributed by atoms with Crippen molar-refractivity contribution in [2.75, 3.05) is 0 Å². The van der Waals surface area contributed by atoms with Crippen LogP contribution in [0.2, 0.25) is 5.02 Å². The number of nitrogens with zero attached hydrogens (tertiary/aromatic N) is 1. The lowest BCUT2D eigenvalue weighted by atomic mass is 9.96. The summed E-state index contributed by atoms with van der Waals surface area (Å²) in [5.41, 5.74) is 4.35. The Morgan fingerprint density at radius 1 is 0.769 bits per heavy atom. The van der Waals surface area contributed by atoms with Crippen molar-refractivity contribution in [1.29, 1.82) is 0 Å². The standard InChI is InChI=1S/C19H12ClN.O2Si3/c20-14-10-11-18-16(12-14)19(13-6-2-1-3-7-13)15-8-4-5-9-17(15)21-18;1-2-4-5-3-1/h1-12H;. The maximum absolute atomic E-state index is 6.20. The molecule has 0 bridgehead atoms. The van der Waals surface area contributed by atoms with Crippen LogP contribution in [0.15, 0.2) is 72.8 Å². The van der Waals surface area contributed by atoms with Crippen molar-refractivity contribution in [3.8, 4) is 11.1 Å². The van der Waals surface area contributed by atoms with Gasteiger partial charge in [0, 0.05) is 21.4 Å². The van der Waals surface area contributed by atoms with E-state index in [1.807, 2.05) is 36.4 Å². The van der Waals surface area contributed by atoms with Crippen molar-refractivity contribution in [3.05, 3.63) is 77.8 Å². The van der Waals surface area contributed by atoms with Gasteiger partial charge < -0.3 is 4.58 Å². The summed E-state index contributed by atoms with van der Waals surface area (Å²) in [5.74, 6) is 0. The number of hydrogen-bond donors (Lipinski definition) is 0. The molecule has 7 heteroatoms. The smallest absolute Gasteiger partial charge is 0.301 e. The van der Waals surface area contributed by atoms with Crippen molar-refractivity contribution in [2.24, 2.45) is 0 Å². The Kier molecular flexibility index (Phi) is 5.47. The number of hydrogen-bond acceptors (Lipinski definition) is 3.